The zero-order valence-corrected chi connectivity index (χ0v) is 14.6. The van der Waals surface area contributed by atoms with Gasteiger partial charge < -0.3 is 15.0 Å². The third-order valence-corrected chi connectivity index (χ3v) is 5.63. The molecule has 2 saturated carbocycles. The Balaban J connectivity index is 1.53. The molecule has 5 heteroatoms. The van der Waals surface area contributed by atoms with E-state index in [4.69, 9.17) is 9.73 Å². The second-order valence-electron chi connectivity index (χ2n) is 7.32. The number of hydrogen-bond acceptors (Lipinski definition) is 3. The molecule has 0 unspecified atom stereocenters. The van der Waals surface area contributed by atoms with Crippen molar-refractivity contribution in [1.29, 1.82) is 0 Å². The highest BCUT2D eigenvalue weighted by molar-refractivity contribution is 5.80. The van der Waals surface area contributed by atoms with Crippen molar-refractivity contribution >= 4 is 11.9 Å². The summed E-state index contributed by atoms with van der Waals surface area (Å²) in [5, 5.41) is 3.44. The Morgan fingerprint density at radius 3 is 2.43 bits per heavy atom. The van der Waals surface area contributed by atoms with E-state index in [1.54, 1.807) is 0 Å². The highest BCUT2D eigenvalue weighted by Gasteiger charge is 2.53. The highest BCUT2D eigenvalue weighted by Crippen LogP contribution is 2.61. The Labute approximate surface area is 139 Å². The van der Waals surface area contributed by atoms with Crippen LogP contribution in [0, 0.1) is 17.3 Å². The quantitative estimate of drug-likeness (QED) is 0.464. The van der Waals surface area contributed by atoms with Gasteiger partial charge in [0.2, 0.25) is 0 Å². The van der Waals surface area contributed by atoms with Gasteiger partial charge in [-0.05, 0) is 63.7 Å². The number of nitrogens with one attached hydrogen (secondary N) is 1. The number of hydrogen-bond donors (Lipinski definition) is 1. The molecule has 23 heavy (non-hydrogen) atoms. The zero-order valence-electron chi connectivity index (χ0n) is 14.6. The number of aliphatic imine (C=N–C) groups is 1. The summed E-state index contributed by atoms with van der Waals surface area (Å²) < 4.78 is 5.15. The molecule has 0 spiro atoms. The standard InChI is InChI=1S/C18H31N3O2/c1-3-19-17(20-13-18(9-10-18)15-5-6-15)21-11-7-14(8-12-21)16(22)23-4-2/h14-15H,3-13H2,1-2H3,(H,19,20). The second kappa shape index (κ2) is 7.10. The van der Waals surface area contributed by atoms with Crippen molar-refractivity contribution in [2.45, 2.75) is 52.4 Å². The molecule has 3 rings (SSSR count). The molecule has 0 aromatic heterocycles. The third-order valence-electron chi connectivity index (χ3n) is 5.63. The van der Waals surface area contributed by atoms with Crippen molar-refractivity contribution in [3.63, 3.8) is 0 Å². The van der Waals surface area contributed by atoms with Crippen LogP contribution in [0.3, 0.4) is 0 Å². The molecule has 3 fully saturated rings. The van der Waals surface area contributed by atoms with E-state index in [1.165, 1.54) is 25.7 Å². The SMILES string of the molecule is CCNC(=NCC1(C2CC2)CC1)N1CCC(C(=O)OCC)CC1. The average molecular weight is 321 g/mol. The minimum absolute atomic E-state index is 0.0280. The number of rotatable bonds is 6. The Morgan fingerprint density at radius 2 is 1.91 bits per heavy atom. The average Bonchev–Trinajstić information content (AvgIpc) is 3.45. The van der Waals surface area contributed by atoms with Gasteiger partial charge in [0, 0.05) is 26.2 Å². The van der Waals surface area contributed by atoms with Gasteiger partial charge in [-0.25, -0.2) is 0 Å². The second-order valence-corrected chi connectivity index (χ2v) is 7.32. The van der Waals surface area contributed by atoms with E-state index in [9.17, 15) is 4.79 Å². The number of guanidine groups is 1. The molecule has 0 aromatic rings. The summed E-state index contributed by atoms with van der Waals surface area (Å²) in [7, 11) is 0. The number of carbonyl (C=O) groups is 1. The molecule has 3 aliphatic rings. The molecule has 0 bridgehead atoms. The molecule has 2 aliphatic carbocycles. The topological polar surface area (TPSA) is 53.9 Å². The van der Waals surface area contributed by atoms with Crippen LogP contribution in [-0.4, -0.2) is 49.6 Å². The van der Waals surface area contributed by atoms with Gasteiger partial charge in [0.05, 0.1) is 12.5 Å². The van der Waals surface area contributed by atoms with Crippen LogP contribution in [0.1, 0.15) is 52.4 Å². The Hall–Kier alpha value is -1.26. The maximum atomic E-state index is 11.9. The van der Waals surface area contributed by atoms with Crippen LogP contribution in [-0.2, 0) is 9.53 Å². The summed E-state index contributed by atoms with van der Waals surface area (Å²) in [6, 6.07) is 0. The van der Waals surface area contributed by atoms with Gasteiger partial charge in [-0.3, -0.25) is 9.79 Å². The molecular formula is C18H31N3O2. The molecular weight excluding hydrogens is 290 g/mol. The summed E-state index contributed by atoms with van der Waals surface area (Å²) in [5.41, 5.74) is 0.546. The lowest BCUT2D eigenvalue weighted by Gasteiger charge is -2.33. The third kappa shape index (κ3) is 3.99. The first kappa shape index (κ1) is 16.6. The minimum atomic E-state index is -0.0280. The van der Waals surface area contributed by atoms with Crippen molar-refractivity contribution in [1.82, 2.24) is 10.2 Å². The fourth-order valence-corrected chi connectivity index (χ4v) is 3.80. The predicted molar refractivity (Wildman–Crippen MR) is 91.3 cm³/mol. The summed E-state index contributed by atoms with van der Waals surface area (Å²) in [6.07, 6.45) is 7.30. The van der Waals surface area contributed by atoms with Crippen LogP contribution in [0.2, 0.25) is 0 Å². The van der Waals surface area contributed by atoms with Crippen molar-refractivity contribution < 1.29 is 9.53 Å². The van der Waals surface area contributed by atoms with Gasteiger partial charge in [0.25, 0.3) is 0 Å². The summed E-state index contributed by atoms with van der Waals surface area (Å²) in [6.45, 7) is 8.14. The van der Waals surface area contributed by atoms with Gasteiger partial charge in [0.15, 0.2) is 5.96 Å². The first-order valence-electron chi connectivity index (χ1n) is 9.38. The fourth-order valence-electron chi connectivity index (χ4n) is 3.80. The summed E-state index contributed by atoms with van der Waals surface area (Å²) in [4.78, 5) is 19.1. The molecule has 0 atom stereocenters. The van der Waals surface area contributed by atoms with Crippen LogP contribution < -0.4 is 5.32 Å². The Bertz CT molecular complexity index is 447. The van der Waals surface area contributed by atoms with E-state index in [0.717, 1.165) is 50.9 Å². The van der Waals surface area contributed by atoms with E-state index in [-0.39, 0.29) is 11.9 Å². The minimum Gasteiger partial charge on any atom is -0.466 e. The first-order chi connectivity index (χ1) is 11.2. The van der Waals surface area contributed by atoms with Crippen LogP contribution in [0.4, 0.5) is 0 Å². The smallest absolute Gasteiger partial charge is 0.309 e. The van der Waals surface area contributed by atoms with Crippen molar-refractivity contribution in [2.24, 2.45) is 22.2 Å². The van der Waals surface area contributed by atoms with E-state index in [0.29, 0.717) is 12.0 Å². The van der Waals surface area contributed by atoms with Crippen molar-refractivity contribution in [3.8, 4) is 0 Å². The highest BCUT2D eigenvalue weighted by atomic mass is 16.5. The maximum Gasteiger partial charge on any atom is 0.309 e. The number of ether oxygens (including phenoxy) is 1. The van der Waals surface area contributed by atoms with Crippen LogP contribution in [0.5, 0.6) is 0 Å². The molecule has 1 N–H and O–H groups in total. The molecule has 1 saturated heterocycles. The molecule has 1 aliphatic heterocycles. The van der Waals surface area contributed by atoms with E-state index in [2.05, 4.69) is 17.1 Å². The Kier molecular flexibility index (Phi) is 5.12. The van der Waals surface area contributed by atoms with Crippen LogP contribution in [0.25, 0.3) is 0 Å². The largest absolute Gasteiger partial charge is 0.466 e. The van der Waals surface area contributed by atoms with E-state index >= 15 is 0 Å². The van der Waals surface area contributed by atoms with E-state index < -0.39 is 0 Å². The van der Waals surface area contributed by atoms with E-state index in [1.807, 2.05) is 6.92 Å². The van der Waals surface area contributed by atoms with Gasteiger partial charge >= 0.3 is 5.97 Å². The molecule has 130 valence electrons. The van der Waals surface area contributed by atoms with Crippen LogP contribution >= 0.6 is 0 Å². The number of piperidine rings is 1. The fraction of sp³-hybridized carbons (Fsp3) is 0.889. The molecule has 1 heterocycles. The van der Waals surface area contributed by atoms with Gasteiger partial charge in [-0.1, -0.05) is 0 Å². The van der Waals surface area contributed by atoms with Crippen molar-refractivity contribution in [2.75, 3.05) is 32.8 Å². The van der Waals surface area contributed by atoms with Gasteiger partial charge in [0.1, 0.15) is 0 Å². The summed E-state index contributed by atoms with van der Waals surface area (Å²) in [5.74, 6) is 2.03. The number of esters is 1. The number of nitrogens with zero attached hydrogens (tertiary/aromatic N) is 2. The number of carbonyl (C=O) groups excluding carboxylic acids is 1. The number of likely N-dealkylation sites (tertiary alicyclic amines) is 1. The predicted octanol–water partition coefficient (Wildman–Crippen LogP) is 2.42. The molecule has 0 radical (unpaired) electrons. The molecule has 0 amide bonds. The van der Waals surface area contributed by atoms with Gasteiger partial charge in [-0.15, -0.1) is 0 Å². The first-order valence-corrected chi connectivity index (χ1v) is 9.38. The van der Waals surface area contributed by atoms with Gasteiger partial charge in [-0.2, -0.15) is 0 Å². The zero-order chi connectivity index (χ0) is 16.3. The normalized spacial score (nSPS) is 24.4. The summed E-state index contributed by atoms with van der Waals surface area (Å²) >= 11 is 0. The lowest BCUT2D eigenvalue weighted by Crippen LogP contribution is -2.47. The van der Waals surface area contributed by atoms with Crippen molar-refractivity contribution in [3.05, 3.63) is 0 Å². The monoisotopic (exact) mass is 321 g/mol. The Morgan fingerprint density at radius 1 is 1.22 bits per heavy atom. The molecule has 0 aromatic carbocycles. The molecule has 5 nitrogen and oxygen atoms in total. The lowest BCUT2D eigenvalue weighted by molar-refractivity contribution is -0.149. The lowest BCUT2D eigenvalue weighted by atomic mass is 9.97. The maximum absolute atomic E-state index is 11.9. The van der Waals surface area contributed by atoms with Crippen LogP contribution in [0.15, 0.2) is 4.99 Å².